The molecule has 1 atom stereocenters. The van der Waals surface area contributed by atoms with E-state index in [1.165, 1.54) is 32.1 Å². The van der Waals surface area contributed by atoms with Crippen molar-refractivity contribution in [2.75, 3.05) is 16.8 Å². The number of nitrogens with zero attached hydrogens (tertiary/aromatic N) is 3. The first-order valence-electron chi connectivity index (χ1n) is 6.79. The van der Waals surface area contributed by atoms with Crippen LogP contribution in [0.2, 0.25) is 0 Å². The minimum Gasteiger partial charge on any atom is -0.341 e. The molecule has 1 saturated carbocycles. The molecule has 5 nitrogen and oxygen atoms in total. The van der Waals surface area contributed by atoms with E-state index < -0.39 is 0 Å². The van der Waals surface area contributed by atoms with Gasteiger partial charge in [0.1, 0.15) is 4.60 Å². The fourth-order valence-corrected chi connectivity index (χ4v) is 3.24. The first-order valence-corrected chi connectivity index (χ1v) is 7.58. The molecule has 2 aliphatic rings. The van der Waals surface area contributed by atoms with Crippen LogP contribution in [0, 0.1) is 5.92 Å². The van der Waals surface area contributed by atoms with Crippen LogP contribution in [-0.2, 0) is 4.79 Å². The van der Waals surface area contributed by atoms with Crippen LogP contribution >= 0.6 is 15.9 Å². The number of aromatic nitrogens is 2. The molecule has 6 heteroatoms. The second kappa shape index (κ2) is 5.45. The molecule has 1 fully saturated rings. The van der Waals surface area contributed by atoms with E-state index in [0.29, 0.717) is 16.3 Å². The smallest absolute Gasteiger partial charge is 0.174 e. The molecule has 19 heavy (non-hydrogen) atoms. The van der Waals surface area contributed by atoms with E-state index in [1.807, 2.05) is 0 Å². The van der Waals surface area contributed by atoms with Gasteiger partial charge in [-0.25, -0.2) is 9.97 Å². The maximum atomic E-state index is 11.2. The number of hydrogen-bond donors (Lipinski definition) is 1. The van der Waals surface area contributed by atoms with Gasteiger partial charge in [-0.15, -0.1) is 0 Å². The number of nitrogens with one attached hydrogen (secondary N) is 1. The summed E-state index contributed by atoms with van der Waals surface area (Å²) in [5, 5.41) is 3.11. The Morgan fingerprint density at radius 2 is 2.21 bits per heavy atom. The quantitative estimate of drug-likeness (QED) is 0.866. The molecular weight excluding hydrogens is 308 g/mol. The SMILES string of the molecule is O=CC1Nc2ncc(Br)nc2N1CC1CCCCC1. The van der Waals surface area contributed by atoms with E-state index in [0.717, 1.165) is 18.6 Å². The minimum atomic E-state index is -0.328. The van der Waals surface area contributed by atoms with Gasteiger partial charge in [0.05, 0.1) is 6.20 Å². The molecule has 0 aromatic carbocycles. The molecule has 1 aliphatic carbocycles. The molecule has 0 radical (unpaired) electrons. The lowest BCUT2D eigenvalue weighted by molar-refractivity contribution is -0.108. The van der Waals surface area contributed by atoms with Gasteiger partial charge in [-0.05, 0) is 34.7 Å². The monoisotopic (exact) mass is 324 g/mol. The molecule has 1 aromatic rings. The number of fused-ring (bicyclic) bond motifs is 1. The zero-order valence-electron chi connectivity index (χ0n) is 10.7. The molecule has 0 spiro atoms. The summed E-state index contributed by atoms with van der Waals surface area (Å²) in [4.78, 5) is 22.0. The maximum Gasteiger partial charge on any atom is 0.174 e. The third kappa shape index (κ3) is 2.59. The second-order valence-electron chi connectivity index (χ2n) is 5.25. The molecule has 1 aromatic heterocycles. The van der Waals surface area contributed by atoms with Crippen LogP contribution in [0.5, 0.6) is 0 Å². The summed E-state index contributed by atoms with van der Waals surface area (Å²) in [6, 6.07) is 0. The Labute approximate surface area is 120 Å². The van der Waals surface area contributed by atoms with Gasteiger partial charge in [-0.2, -0.15) is 0 Å². The summed E-state index contributed by atoms with van der Waals surface area (Å²) in [5.41, 5.74) is 0. The van der Waals surface area contributed by atoms with Gasteiger partial charge in [0, 0.05) is 6.54 Å². The Hall–Kier alpha value is -1.17. The molecule has 3 rings (SSSR count). The van der Waals surface area contributed by atoms with Crippen LogP contribution in [-0.4, -0.2) is 29.0 Å². The number of aldehydes is 1. The van der Waals surface area contributed by atoms with Crippen LogP contribution in [0.15, 0.2) is 10.8 Å². The van der Waals surface area contributed by atoms with Crippen LogP contribution in [0.1, 0.15) is 32.1 Å². The lowest BCUT2D eigenvalue weighted by atomic mass is 9.89. The predicted octanol–water partition coefficient (Wildman–Crippen LogP) is 2.58. The highest BCUT2D eigenvalue weighted by atomic mass is 79.9. The van der Waals surface area contributed by atoms with Gasteiger partial charge in [-0.1, -0.05) is 19.3 Å². The fourth-order valence-electron chi connectivity index (χ4n) is 2.97. The normalized spacial score (nSPS) is 23.0. The van der Waals surface area contributed by atoms with E-state index in [1.54, 1.807) is 6.20 Å². The van der Waals surface area contributed by atoms with E-state index in [9.17, 15) is 4.79 Å². The Bertz CT molecular complexity index is 476. The summed E-state index contributed by atoms with van der Waals surface area (Å²) >= 11 is 3.34. The van der Waals surface area contributed by atoms with Gasteiger partial charge >= 0.3 is 0 Å². The molecule has 2 heterocycles. The molecule has 0 saturated heterocycles. The standard InChI is InChI=1S/C13H17BrN4O/c14-10-6-15-12-13(16-10)18(11(8-19)17-12)7-9-4-2-1-3-5-9/h6,8-9,11H,1-5,7H2,(H,15,17). The number of rotatable bonds is 3. The number of anilines is 2. The highest BCUT2D eigenvalue weighted by Crippen LogP contribution is 2.34. The lowest BCUT2D eigenvalue weighted by Crippen LogP contribution is -2.40. The van der Waals surface area contributed by atoms with E-state index in [2.05, 4.69) is 36.1 Å². The zero-order valence-corrected chi connectivity index (χ0v) is 12.3. The Morgan fingerprint density at radius 1 is 1.42 bits per heavy atom. The lowest BCUT2D eigenvalue weighted by Gasteiger charge is -2.29. The minimum absolute atomic E-state index is 0.328. The van der Waals surface area contributed by atoms with Crippen molar-refractivity contribution in [1.29, 1.82) is 0 Å². The van der Waals surface area contributed by atoms with Crippen molar-refractivity contribution in [3.63, 3.8) is 0 Å². The van der Waals surface area contributed by atoms with Gasteiger partial charge in [0.15, 0.2) is 24.1 Å². The van der Waals surface area contributed by atoms with Crippen molar-refractivity contribution in [2.45, 2.75) is 38.3 Å². The van der Waals surface area contributed by atoms with Gasteiger partial charge in [0.2, 0.25) is 0 Å². The van der Waals surface area contributed by atoms with Crippen LogP contribution in [0.25, 0.3) is 0 Å². The van der Waals surface area contributed by atoms with E-state index in [-0.39, 0.29) is 6.17 Å². The highest BCUT2D eigenvalue weighted by Gasteiger charge is 2.32. The van der Waals surface area contributed by atoms with Gasteiger partial charge < -0.3 is 10.2 Å². The molecule has 1 unspecified atom stereocenters. The maximum absolute atomic E-state index is 11.2. The second-order valence-corrected chi connectivity index (χ2v) is 6.06. The summed E-state index contributed by atoms with van der Waals surface area (Å²) in [6.45, 7) is 0.883. The molecular formula is C13H17BrN4O. The fraction of sp³-hybridized carbons (Fsp3) is 0.615. The largest absolute Gasteiger partial charge is 0.341 e. The van der Waals surface area contributed by atoms with E-state index in [4.69, 9.17) is 0 Å². The Balaban J connectivity index is 1.81. The summed E-state index contributed by atoms with van der Waals surface area (Å²) in [6.07, 6.45) is 8.69. The van der Waals surface area contributed by atoms with Crippen molar-refractivity contribution in [3.8, 4) is 0 Å². The van der Waals surface area contributed by atoms with Gasteiger partial charge in [-0.3, -0.25) is 4.79 Å². The molecule has 0 amide bonds. The first-order chi connectivity index (χ1) is 9.28. The Kier molecular flexibility index (Phi) is 3.68. The van der Waals surface area contributed by atoms with Crippen molar-refractivity contribution in [1.82, 2.24) is 9.97 Å². The van der Waals surface area contributed by atoms with Crippen LogP contribution in [0.3, 0.4) is 0 Å². The zero-order chi connectivity index (χ0) is 13.2. The van der Waals surface area contributed by atoms with Crippen LogP contribution in [0.4, 0.5) is 11.6 Å². The average Bonchev–Trinajstić information content (AvgIpc) is 2.78. The number of carbonyl (C=O) groups is 1. The molecule has 1 aliphatic heterocycles. The molecule has 1 N–H and O–H groups in total. The van der Waals surface area contributed by atoms with Crippen LogP contribution < -0.4 is 10.2 Å². The number of hydrogen-bond acceptors (Lipinski definition) is 5. The molecule has 102 valence electrons. The third-order valence-electron chi connectivity index (χ3n) is 3.93. The summed E-state index contributed by atoms with van der Waals surface area (Å²) < 4.78 is 0.702. The van der Waals surface area contributed by atoms with Crippen molar-refractivity contribution in [3.05, 3.63) is 10.8 Å². The predicted molar refractivity (Wildman–Crippen MR) is 77.1 cm³/mol. The van der Waals surface area contributed by atoms with E-state index >= 15 is 0 Å². The summed E-state index contributed by atoms with van der Waals surface area (Å²) in [5.74, 6) is 2.15. The topological polar surface area (TPSA) is 58.1 Å². The van der Waals surface area contributed by atoms with Gasteiger partial charge in [0.25, 0.3) is 0 Å². The third-order valence-corrected chi connectivity index (χ3v) is 4.31. The first kappa shape index (κ1) is 12.8. The number of halogens is 1. The number of carbonyl (C=O) groups excluding carboxylic acids is 1. The average molecular weight is 325 g/mol. The van der Waals surface area contributed by atoms with Crippen molar-refractivity contribution < 1.29 is 4.79 Å². The Morgan fingerprint density at radius 3 is 2.95 bits per heavy atom. The summed E-state index contributed by atoms with van der Waals surface area (Å²) in [7, 11) is 0. The van der Waals surface area contributed by atoms with Crippen molar-refractivity contribution >= 4 is 33.9 Å². The van der Waals surface area contributed by atoms with Crippen molar-refractivity contribution in [2.24, 2.45) is 5.92 Å². The molecule has 0 bridgehead atoms. The highest BCUT2D eigenvalue weighted by molar-refractivity contribution is 9.10.